The molecule has 0 radical (unpaired) electrons. The van der Waals surface area contributed by atoms with E-state index in [9.17, 15) is 17.6 Å². The third-order valence-corrected chi connectivity index (χ3v) is 3.56. The summed E-state index contributed by atoms with van der Waals surface area (Å²) in [5.74, 6) is -0.639. The smallest absolute Gasteiger partial charge is 0.399 e. The Kier molecular flexibility index (Phi) is 3.67. The van der Waals surface area contributed by atoms with Crippen molar-refractivity contribution in [3.63, 3.8) is 0 Å². The molecule has 1 aliphatic heterocycles. The number of rotatable bonds is 2. The van der Waals surface area contributed by atoms with E-state index in [1.807, 2.05) is 0 Å². The lowest BCUT2D eigenvalue weighted by Gasteiger charge is -2.29. The molecule has 1 fully saturated rings. The topological polar surface area (TPSA) is 29.3 Å². The van der Waals surface area contributed by atoms with Gasteiger partial charge in [0.2, 0.25) is 0 Å². The fraction of sp³-hybridized carbons (Fsp3) is 0.429. The summed E-state index contributed by atoms with van der Waals surface area (Å²) in [6.45, 7) is 5.35. The van der Waals surface area contributed by atoms with E-state index in [2.05, 4.69) is 6.58 Å². The van der Waals surface area contributed by atoms with E-state index in [1.54, 1.807) is 6.92 Å². The number of nitrogens with two attached hydrogens (primary N) is 1. The number of hydrogen-bond acceptors (Lipinski definition) is 2. The zero-order chi connectivity index (χ0) is 15.1. The monoisotopic (exact) mass is 288 g/mol. The molecular weight excluding hydrogens is 272 g/mol. The largest absolute Gasteiger partial charge is 0.408 e. The molecule has 0 amide bonds. The predicted molar refractivity (Wildman–Crippen MR) is 70.8 cm³/mol. The molecule has 110 valence electrons. The molecule has 0 saturated carbocycles. The van der Waals surface area contributed by atoms with Crippen LogP contribution in [-0.2, 0) is 0 Å². The van der Waals surface area contributed by atoms with Gasteiger partial charge in [0.15, 0.2) is 0 Å². The maximum Gasteiger partial charge on any atom is 0.408 e. The van der Waals surface area contributed by atoms with E-state index in [-0.39, 0.29) is 29.9 Å². The van der Waals surface area contributed by atoms with Crippen LogP contribution in [0.15, 0.2) is 18.7 Å². The average Bonchev–Trinajstić information content (AvgIpc) is 2.75. The van der Waals surface area contributed by atoms with Crippen molar-refractivity contribution < 1.29 is 17.6 Å². The van der Waals surface area contributed by atoms with Crippen LogP contribution in [0.1, 0.15) is 24.0 Å². The number of hydrogen-bond donors (Lipinski definition) is 1. The molecule has 1 aromatic rings. The Balaban J connectivity index is 2.41. The van der Waals surface area contributed by atoms with Crippen molar-refractivity contribution in [1.29, 1.82) is 0 Å². The fourth-order valence-corrected chi connectivity index (χ4v) is 2.71. The fourth-order valence-electron chi connectivity index (χ4n) is 2.71. The Hall–Kier alpha value is -1.72. The molecule has 0 aromatic heterocycles. The summed E-state index contributed by atoms with van der Waals surface area (Å²) < 4.78 is 52.8. The summed E-state index contributed by atoms with van der Waals surface area (Å²) in [7, 11) is 0. The zero-order valence-electron chi connectivity index (χ0n) is 11.1. The van der Waals surface area contributed by atoms with Crippen LogP contribution in [0.5, 0.6) is 0 Å². The molecule has 1 atom stereocenters. The van der Waals surface area contributed by atoms with Crippen LogP contribution >= 0.6 is 0 Å². The van der Waals surface area contributed by atoms with Gasteiger partial charge in [0.1, 0.15) is 11.9 Å². The normalized spacial score (nSPS) is 19.4. The number of halogens is 4. The van der Waals surface area contributed by atoms with Gasteiger partial charge in [0.05, 0.1) is 0 Å². The highest BCUT2D eigenvalue weighted by Gasteiger charge is 2.46. The van der Waals surface area contributed by atoms with Gasteiger partial charge in [0, 0.05) is 23.5 Å². The molecule has 2 N–H and O–H groups in total. The van der Waals surface area contributed by atoms with Gasteiger partial charge in [0.25, 0.3) is 0 Å². The van der Waals surface area contributed by atoms with Crippen molar-refractivity contribution in [2.45, 2.75) is 32.0 Å². The molecule has 20 heavy (non-hydrogen) atoms. The standard InChI is InChI=1S/C14H16F4N2/c1-8-6-10(7-11(15)13(8)9(2)19)20-5-3-4-12(20)14(16,17)18/h6-7,12H,2-5,19H2,1H3. The van der Waals surface area contributed by atoms with E-state index >= 15 is 0 Å². The number of nitrogens with zero attached hydrogens (tertiary/aromatic N) is 1. The minimum absolute atomic E-state index is 0.0372. The van der Waals surface area contributed by atoms with Gasteiger partial charge in [-0.3, -0.25) is 0 Å². The SMILES string of the molecule is C=C(N)c1c(C)cc(N2CCCC2C(F)(F)F)cc1F. The van der Waals surface area contributed by atoms with Crippen molar-refractivity contribution in [2.75, 3.05) is 11.4 Å². The van der Waals surface area contributed by atoms with E-state index in [0.717, 1.165) is 6.07 Å². The molecule has 0 aliphatic carbocycles. The van der Waals surface area contributed by atoms with Crippen molar-refractivity contribution in [1.82, 2.24) is 0 Å². The molecule has 0 spiro atoms. The highest BCUT2D eigenvalue weighted by atomic mass is 19.4. The first-order chi connectivity index (χ1) is 9.21. The van der Waals surface area contributed by atoms with Gasteiger partial charge in [-0.1, -0.05) is 6.58 Å². The van der Waals surface area contributed by atoms with Crippen molar-refractivity contribution in [3.8, 4) is 0 Å². The lowest BCUT2D eigenvalue weighted by atomic mass is 10.0. The van der Waals surface area contributed by atoms with Crippen LogP contribution in [0, 0.1) is 12.7 Å². The molecule has 1 aliphatic rings. The Labute approximate surface area is 114 Å². The summed E-state index contributed by atoms with van der Waals surface area (Å²) in [6.07, 6.45) is -3.83. The van der Waals surface area contributed by atoms with Crippen molar-refractivity contribution in [2.24, 2.45) is 5.73 Å². The quantitative estimate of drug-likeness (QED) is 0.843. The Bertz CT molecular complexity index is 513. The lowest BCUT2D eigenvalue weighted by Crippen LogP contribution is -2.41. The van der Waals surface area contributed by atoms with Gasteiger partial charge in [-0.15, -0.1) is 0 Å². The number of anilines is 1. The Morgan fingerprint density at radius 3 is 2.55 bits per heavy atom. The predicted octanol–water partition coefficient (Wildman–Crippen LogP) is 3.59. The van der Waals surface area contributed by atoms with Crippen molar-refractivity contribution >= 4 is 11.4 Å². The summed E-state index contributed by atoms with van der Waals surface area (Å²) in [5, 5.41) is 0. The van der Waals surface area contributed by atoms with Gasteiger partial charge in [-0.05, 0) is 37.5 Å². The third kappa shape index (κ3) is 2.59. The first-order valence-corrected chi connectivity index (χ1v) is 6.30. The second-order valence-corrected chi connectivity index (χ2v) is 5.04. The number of aryl methyl sites for hydroxylation is 1. The third-order valence-electron chi connectivity index (χ3n) is 3.56. The summed E-state index contributed by atoms with van der Waals surface area (Å²) in [6, 6.07) is 1.08. The molecule has 1 heterocycles. The number of alkyl halides is 3. The zero-order valence-corrected chi connectivity index (χ0v) is 11.1. The molecule has 2 rings (SSSR count). The van der Waals surface area contributed by atoms with Gasteiger partial charge in [-0.2, -0.15) is 13.2 Å². The van der Waals surface area contributed by atoms with Crippen LogP contribution in [0.25, 0.3) is 5.70 Å². The van der Waals surface area contributed by atoms with Crippen LogP contribution in [-0.4, -0.2) is 18.8 Å². The summed E-state index contributed by atoms with van der Waals surface area (Å²) in [5.41, 5.74) is 6.45. The molecule has 2 nitrogen and oxygen atoms in total. The highest BCUT2D eigenvalue weighted by Crippen LogP contribution is 2.37. The number of benzene rings is 1. The van der Waals surface area contributed by atoms with Gasteiger partial charge >= 0.3 is 6.18 Å². The summed E-state index contributed by atoms with van der Waals surface area (Å²) >= 11 is 0. The maximum absolute atomic E-state index is 14.0. The average molecular weight is 288 g/mol. The van der Waals surface area contributed by atoms with Crippen LogP contribution < -0.4 is 10.6 Å². The maximum atomic E-state index is 14.0. The first kappa shape index (κ1) is 14.7. The second kappa shape index (κ2) is 5.00. The molecule has 6 heteroatoms. The minimum Gasteiger partial charge on any atom is -0.399 e. The van der Waals surface area contributed by atoms with Gasteiger partial charge in [-0.25, -0.2) is 4.39 Å². The van der Waals surface area contributed by atoms with E-state index in [1.165, 1.54) is 11.0 Å². The Morgan fingerprint density at radius 2 is 2.05 bits per heavy atom. The molecular formula is C14H16F4N2. The molecule has 0 bridgehead atoms. The van der Waals surface area contributed by atoms with Gasteiger partial charge < -0.3 is 10.6 Å². The molecule has 1 aromatic carbocycles. The lowest BCUT2D eigenvalue weighted by molar-refractivity contribution is -0.145. The van der Waals surface area contributed by atoms with E-state index in [4.69, 9.17) is 5.73 Å². The highest BCUT2D eigenvalue weighted by molar-refractivity contribution is 5.67. The van der Waals surface area contributed by atoms with Crippen LogP contribution in [0.3, 0.4) is 0 Å². The van der Waals surface area contributed by atoms with Crippen molar-refractivity contribution in [3.05, 3.63) is 35.7 Å². The van der Waals surface area contributed by atoms with E-state index < -0.39 is 18.0 Å². The molecule has 1 saturated heterocycles. The van der Waals surface area contributed by atoms with Crippen LogP contribution in [0.4, 0.5) is 23.2 Å². The first-order valence-electron chi connectivity index (χ1n) is 6.30. The molecule has 1 unspecified atom stereocenters. The van der Waals surface area contributed by atoms with Crippen LogP contribution in [0.2, 0.25) is 0 Å². The second-order valence-electron chi connectivity index (χ2n) is 5.04. The summed E-state index contributed by atoms with van der Waals surface area (Å²) in [4.78, 5) is 1.21. The van der Waals surface area contributed by atoms with E-state index in [0.29, 0.717) is 12.0 Å². The minimum atomic E-state index is -4.31. The Morgan fingerprint density at radius 1 is 1.40 bits per heavy atom.